The zero-order chi connectivity index (χ0) is 16.8. The number of rotatable bonds is 3. The number of carbonyl (C=O) groups excluding carboxylic acids is 1. The Balaban J connectivity index is 1.68. The zero-order valence-electron chi connectivity index (χ0n) is 12.2. The molecule has 24 heavy (non-hydrogen) atoms. The van der Waals surface area contributed by atoms with Gasteiger partial charge >= 0.3 is 0 Å². The molecule has 122 valence electrons. The van der Waals surface area contributed by atoms with Gasteiger partial charge in [-0.1, -0.05) is 0 Å². The largest absolute Gasteiger partial charge is 0.326 e. The normalized spacial score (nSPS) is 19.5. The summed E-state index contributed by atoms with van der Waals surface area (Å²) in [7, 11) is 0. The zero-order valence-corrected chi connectivity index (χ0v) is 13.8. The van der Waals surface area contributed by atoms with Gasteiger partial charge in [-0.05, 0) is 46.6 Å². The van der Waals surface area contributed by atoms with E-state index in [9.17, 15) is 13.6 Å². The molecule has 4 rings (SSSR count). The van der Waals surface area contributed by atoms with Gasteiger partial charge in [-0.3, -0.25) is 4.79 Å². The standard InChI is InChI=1S/C16H11BrF2N4O/c17-9-3-8-7-23(22-15(8)20-6-9)14-4-10(1-2-12(14)18)21-16(24)11-5-13(11)19/h1-4,6-7,11,13H,5H2,(H,21,24)/t11-,13-/m1/s1. The first kappa shape index (κ1) is 15.2. The van der Waals surface area contributed by atoms with Crippen LogP contribution in [0, 0.1) is 11.7 Å². The summed E-state index contributed by atoms with van der Waals surface area (Å²) in [5, 5.41) is 7.59. The van der Waals surface area contributed by atoms with Crippen LogP contribution in [0.1, 0.15) is 6.42 Å². The molecule has 8 heteroatoms. The third kappa shape index (κ3) is 2.77. The lowest BCUT2D eigenvalue weighted by Gasteiger charge is -2.08. The summed E-state index contributed by atoms with van der Waals surface area (Å²) in [4.78, 5) is 16.0. The minimum atomic E-state index is -1.08. The van der Waals surface area contributed by atoms with Crippen molar-refractivity contribution in [3.63, 3.8) is 0 Å². The fourth-order valence-corrected chi connectivity index (χ4v) is 2.80. The molecule has 3 aromatic rings. The molecule has 2 aromatic heterocycles. The third-order valence-electron chi connectivity index (χ3n) is 3.84. The lowest BCUT2D eigenvalue weighted by atomic mass is 10.2. The molecular formula is C16H11BrF2N4O. The van der Waals surface area contributed by atoms with Crippen molar-refractivity contribution < 1.29 is 13.6 Å². The molecule has 0 unspecified atom stereocenters. The van der Waals surface area contributed by atoms with Crippen molar-refractivity contribution in [1.29, 1.82) is 0 Å². The van der Waals surface area contributed by atoms with Crippen LogP contribution in [0.5, 0.6) is 0 Å². The minimum Gasteiger partial charge on any atom is -0.326 e. The van der Waals surface area contributed by atoms with Gasteiger partial charge in [-0.2, -0.15) is 0 Å². The number of halogens is 3. The molecule has 0 saturated heterocycles. The Labute approximate surface area is 143 Å². The number of fused-ring (bicyclic) bond motifs is 1. The first-order valence-electron chi connectivity index (χ1n) is 7.27. The number of anilines is 1. The van der Waals surface area contributed by atoms with Gasteiger partial charge in [0.05, 0.1) is 5.92 Å². The molecule has 1 N–H and O–H groups in total. The molecule has 0 radical (unpaired) electrons. The molecule has 2 heterocycles. The van der Waals surface area contributed by atoms with Gasteiger partial charge in [0.25, 0.3) is 0 Å². The predicted molar refractivity (Wildman–Crippen MR) is 88.2 cm³/mol. The average molecular weight is 393 g/mol. The van der Waals surface area contributed by atoms with Crippen LogP contribution in [0.4, 0.5) is 14.5 Å². The number of pyridine rings is 1. The molecule has 1 saturated carbocycles. The number of hydrogen-bond donors (Lipinski definition) is 1. The Hall–Kier alpha value is -2.35. The maximum atomic E-state index is 14.2. The van der Waals surface area contributed by atoms with Crippen molar-refractivity contribution in [2.45, 2.75) is 12.6 Å². The van der Waals surface area contributed by atoms with Crippen LogP contribution >= 0.6 is 15.9 Å². The molecule has 5 nitrogen and oxygen atoms in total. The second-order valence-corrected chi connectivity index (χ2v) is 6.57. The van der Waals surface area contributed by atoms with E-state index in [1.54, 1.807) is 12.4 Å². The minimum absolute atomic E-state index is 0.175. The van der Waals surface area contributed by atoms with Crippen molar-refractivity contribution >= 4 is 38.6 Å². The van der Waals surface area contributed by atoms with Gasteiger partial charge < -0.3 is 5.32 Å². The molecule has 0 bridgehead atoms. The van der Waals surface area contributed by atoms with Crippen LogP contribution in [0.15, 0.2) is 41.1 Å². The van der Waals surface area contributed by atoms with Crippen LogP contribution in [0.25, 0.3) is 16.7 Å². The third-order valence-corrected chi connectivity index (χ3v) is 4.27. The van der Waals surface area contributed by atoms with Crippen LogP contribution < -0.4 is 5.32 Å². The number of nitrogens with one attached hydrogen (secondary N) is 1. The highest BCUT2D eigenvalue weighted by Gasteiger charge is 2.43. The van der Waals surface area contributed by atoms with Gasteiger partial charge in [-0.25, -0.2) is 18.4 Å². The Bertz CT molecular complexity index is 958. The summed E-state index contributed by atoms with van der Waals surface area (Å²) >= 11 is 3.32. The van der Waals surface area contributed by atoms with Crippen molar-refractivity contribution in [3.8, 4) is 5.69 Å². The highest BCUT2D eigenvalue weighted by atomic mass is 79.9. The Kier molecular flexibility index (Phi) is 3.56. The first-order valence-corrected chi connectivity index (χ1v) is 8.06. The summed E-state index contributed by atoms with van der Waals surface area (Å²) in [6.45, 7) is 0. The van der Waals surface area contributed by atoms with Gasteiger partial charge in [0.1, 0.15) is 17.7 Å². The van der Waals surface area contributed by atoms with Crippen LogP contribution in [-0.4, -0.2) is 26.8 Å². The maximum absolute atomic E-state index is 14.2. The lowest BCUT2D eigenvalue weighted by molar-refractivity contribution is -0.117. The molecule has 0 aliphatic heterocycles. The number of carbonyl (C=O) groups is 1. The fraction of sp³-hybridized carbons (Fsp3) is 0.188. The maximum Gasteiger partial charge on any atom is 0.230 e. The molecule has 0 spiro atoms. The second-order valence-electron chi connectivity index (χ2n) is 5.65. The lowest BCUT2D eigenvalue weighted by Crippen LogP contribution is -2.15. The molecular weight excluding hydrogens is 382 g/mol. The van der Waals surface area contributed by atoms with E-state index in [2.05, 4.69) is 31.3 Å². The Morgan fingerprint density at radius 2 is 2.17 bits per heavy atom. The van der Waals surface area contributed by atoms with Gasteiger partial charge in [0.15, 0.2) is 5.65 Å². The van der Waals surface area contributed by atoms with E-state index >= 15 is 0 Å². The molecule has 1 aliphatic rings. The monoisotopic (exact) mass is 392 g/mol. The number of amides is 1. The average Bonchev–Trinajstić information content (AvgIpc) is 3.14. The summed E-state index contributed by atoms with van der Waals surface area (Å²) < 4.78 is 29.3. The number of hydrogen-bond acceptors (Lipinski definition) is 3. The predicted octanol–water partition coefficient (Wildman–Crippen LogP) is 3.62. The molecule has 2 atom stereocenters. The van der Waals surface area contributed by atoms with Crippen molar-refractivity contribution in [2.24, 2.45) is 5.92 Å². The number of nitrogens with zero attached hydrogens (tertiary/aromatic N) is 3. The van der Waals surface area contributed by atoms with Crippen molar-refractivity contribution in [3.05, 3.63) is 46.9 Å². The van der Waals surface area contributed by atoms with E-state index in [-0.39, 0.29) is 12.1 Å². The van der Waals surface area contributed by atoms with Gasteiger partial charge in [-0.15, -0.1) is 5.10 Å². The van der Waals surface area contributed by atoms with Crippen LogP contribution in [0.3, 0.4) is 0 Å². The number of benzene rings is 1. The van der Waals surface area contributed by atoms with E-state index in [1.807, 2.05) is 6.07 Å². The summed E-state index contributed by atoms with van der Waals surface area (Å²) in [5.74, 6) is -1.49. The quantitative estimate of drug-likeness (QED) is 0.740. The summed E-state index contributed by atoms with van der Waals surface area (Å²) in [6, 6.07) is 5.96. The molecule has 1 aliphatic carbocycles. The molecule has 1 aromatic carbocycles. The smallest absolute Gasteiger partial charge is 0.230 e. The van der Waals surface area contributed by atoms with E-state index in [4.69, 9.17) is 0 Å². The Morgan fingerprint density at radius 1 is 1.38 bits per heavy atom. The van der Waals surface area contributed by atoms with Gasteiger partial charge in [0, 0.05) is 27.9 Å². The highest BCUT2D eigenvalue weighted by molar-refractivity contribution is 9.10. The summed E-state index contributed by atoms with van der Waals surface area (Å²) in [6.07, 6.45) is 2.42. The van der Waals surface area contributed by atoms with E-state index in [1.165, 1.54) is 22.9 Å². The first-order chi connectivity index (χ1) is 11.5. The highest BCUT2D eigenvalue weighted by Crippen LogP contribution is 2.35. The number of aromatic nitrogens is 3. The van der Waals surface area contributed by atoms with E-state index in [0.717, 1.165) is 9.86 Å². The van der Waals surface area contributed by atoms with Crippen molar-refractivity contribution in [2.75, 3.05) is 5.32 Å². The SMILES string of the molecule is O=C(Nc1ccc(F)c(-n2cc3cc(Br)cnc3n2)c1)[C@@H]1C[C@H]1F. The fourth-order valence-electron chi connectivity index (χ4n) is 2.45. The topological polar surface area (TPSA) is 59.8 Å². The summed E-state index contributed by atoms with van der Waals surface area (Å²) in [5.41, 5.74) is 1.05. The van der Waals surface area contributed by atoms with E-state index in [0.29, 0.717) is 11.3 Å². The molecule has 1 fully saturated rings. The number of alkyl halides is 1. The van der Waals surface area contributed by atoms with Crippen LogP contribution in [0.2, 0.25) is 0 Å². The molecule has 1 amide bonds. The van der Waals surface area contributed by atoms with Crippen LogP contribution in [-0.2, 0) is 4.79 Å². The van der Waals surface area contributed by atoms with E-state index < -0.39 is 23.8 Å². The second kappa shape index (κ2) is 5.62. The van der Waals surface area contributed by atoms with Crippen molar-refractivity contribution in [1.82, 2.24) is 14.8 Å². The van der Waals surface area contributed by atoms with Gasteiger partial charge in [0.2, 0.25) is 5.91 Å². The Morgan fingerprint density at radius 3 is 2.92 bits per heavy atom.